The minimum absolute atomic E-state index is 0.376. The van der Waals surface area contributed by atoms with Crippen LogP contribution in [0.2, 0.25) is 0 Å². The number of piperidine rings is 1. The number of benzene rings is 1. The summed E-state index contributed by atoms with van der Waals surface area (Å²) < 4.78 is 4.99. The maximum Gasteiger partial charge on any atom is 0.331 e. The Morgan fingerprint density at radius 2 is 1.86 bits per heavy atom. The van der Waals surface area contributed by atoms with Gasteiger partial charge in [0.15, 0.2) is 5.54 Å². The summed E-state index contributed by atoms with van der Waals surface area (Å²) in [5, 5.41) is 0. The van der Waals surface area contributed by atoms with Crippen molar-refractivity contribution in [2.45, 2.75) is 50.7 Å². The molecule has 0 spiro atoms. The van der Waals surface area contributed by atoms with E-state index in [0.717, 1.165) is 18.4 Å². The highest BCUT2D eigenvalue weighted by Gasteiger charge is 2.41. The van der Waals surface area contributed by atoms with Crippen LogP contribution in [0.1, 0.15) is 38.7 Å². The lowest BCUT2D eigenvalue weighted by Crippen LogP contribution is -2.58. The van der Waals surface area contributed by atoms with Gasteiger partial charge in [0.25, 0.3) is 0 Å². The molecule has 116 valence electrons. The van der Waals surface area contributed by atoms with Gasteiger partial charge in [-0.25, -0.2) is 4.79 Å². The fraction of sp³-hybridized carbons (Fsp3) is 0.588. The zero-order valence-electron chi connectivity index (χ0n) is 13.2. The molecule has 1 aromatic rings. The summed E-state index contributed by atoms with van der Waals surface area (Å²) >= 11 is 0. The van der Waals surface area contributed by atoms with E-state index in [1.54, 1.807) is 0 Å². The van der Waals surface area contributed by atoms with Crippen LogP contribution in [0.15, 0.2) is 30.3 Å². The van der Waals surface area contributed by atoms with Gasteiger partial charge in [-0.05, 0) is 32.3 Å². The minimum Gasteiger partial charge on any atom is -0.467 e. The molecule has 1 aliphatic heterocycles. The summed E-state index contributed by atoms with van der Waals surface area (Å²) in [4.78, 5) is 14.7. The van der Waals surface area contributed by atoms with Crippen molar-refractivity contribution >= 4 is 5.97 Å². The Bertz CT molecular complexity index is 467. The van der Waals surface area contributed by atoms with Crippen LogP contribution in [-0.4, -0.2) is 36.6 Å². The highest BCUT2D eigenvalue weighted by atomic mass is 16.5. The second-order valence-corrected chi connectivity index (χ2v) is 6.13. The first kappa shape index (κ1) is 16.0. The van der Waals surface area contributed by atoms with E-state index in [2.05, 4.69) is 18.7 Å². The van der Waals surface area contributed by atoms with E-state index in [0.29, 0.717) is 18.6 Å². The first-order chi connectivity index (χ1) is 9.99. The van der Waals surface area contributed by atoms with Gasteiger partial charge in [-0.15, -0.1) is 0 Å². The van der Waals surface area contributed by atoms with Crippen molar-refractivity contribution < 1.29 is 9.53 Å². The summed E-state index contributed by atoms with van der Waals surface area (Å²) in [5.74, 6) is -0.376. The Balaban J connectivity index is 2.30. The zero-order chi connectivity index (χ0) is 15.5. The highest BCUT2D eigenvalue weighted by molar-refractivity contribution is 5.82. The average molecular weight is 290 g/mol. The van der Waals surface area contributed by atoms with Crippen LogP contribution in [0.4, 0.5) is 0 Å². The molecule has 0 amide bonds. The predicted molar refractivity (Wildman–Crippen MR) is 83.8 cm³/mol. The summed E-state index contributed by atoms with van der Waals surface area (Å²) in [5.41, 5.74) is 6.20. The Morgan fingerprint density at radius 3 is 2.38 bits per heavy atom. The maximum atomic E-state index is 12.3. The molecule has 4 nitrogen and oxygen atoms in total. The van der Waals surface area contributed by atoms with Gasteiger partial charge < -0.3 is 10.5 Å². The standard InChI is InChI=1S/C17H26N2O2/c1-13-8-7-9-14(2)19(13)12-17(18,16(20)21-3)15-10-5-4-6-11-15/h4-6,10-11,13-14H,7-9,12,18H2,1-3H3/t13-,14+,17?. The summed E-state index contributed by atoms with van der Waals surface area (Å²) in [6.45, 7) is 4.91. The van der Waals surface area contributed by atoms with E-state index < -0.39 is 5.54 Å². The van der Waals surface area contributed by atoms with E-state index in [1.807, 2.05) is 30.3 Å². The number of carbonyl (C=O) groups excluding carboxylic acids is 1. The van der Waals surface area contributed by atoms with Gasteiger partial charge in [0.1, 0.15) is 0 Å². The van der Waals surface area contributed by atoms with Gasteiger partial charge in [-0.1, -0.05) is 36.8 Å². The average Bonchev–Trinajstić information content (AvgIpc) is 2.51. The van der Waals surface area contributed by atoms with Crippen molar-refractivity contribution in [3.05, 3.63) is 35.9 Å². The molecule has 1 fully saturated rings. The summed E-state index contributed by atoms with van der Waals surface area (Å²) in [6.07, 6.45) is 3.53. The van der Waals surface area contributed by atoms with Crippen molar-refractivity contribution in [1.82, 2.24) is 4.90 Å². The van der Waals surface area contributed by atoms with Gasteiger partial charge >= 0.3 is 5.97 Å². The second kappa shape index (κ2) is 6.58. The van der Waals surface area contributed by atoms with Gasteiger partial charge in [-0.2, -0.15) is 0 Å². The van der Waals surface area contributed by atoms with Crippen LogP contribution in [0.5, 0.6) is 0 Å². The molecule has 3 atom stereocenters. The van der Waals surface area contributed by atoms with E-state index in [4.69, 9.17) is 10.5 Å². The zero-order valence-corrected chi connectivity index (χ0v) is 13.2. The number of methoxy groups -OCH3 is 1. The monoisotopic (exact) mass is 290 g/mol. The SMILES string of the molecule is COC(=O)C(N)(CN1[C@H](C)CCC[C@@H]1C)c1ccccc1. The molecule has 0 bridgehead atoms. The molecule has 1 unspecified atom stereocenters. The first-order valence-electron chi connectivity index (χ1n) is 7.67. The van der Waals surface area contributed by atoms with Crippen LogP contribution in [-0.2, 0) is 15.1 Å². The quantitative estimate of drug-likeness (QED) is 0.864. The third-order valence-corrected chi connectivity index (χ3v) is 4.65. The number of nitrogens with two attached hydrogens (primary N) is 1. The molecule has 2 rings (SSSR count). The van der Waals surface area contributed by atoms with Crippen LogP contribution in [0, 0.1) is 0 Å². The summed E-state index contributed by atoms with van der Waals surface area (Å²) in [6, 6.07) is 10.4. The van der Waals surface area contributed by atoms with E-state index in [1.165, 1.54) is 13.5 Å². The number of hydrogen-bond donors (Lipinski definition) is 1. The Hall–Kier alpha value is -1.39. The van der Waals surface area contributed by atoms with Crippen molar-refractivity contribution in [2.75, 3.05) is 13.7 Å². The van der Waals surface area contributed by atoms with Crippen LogP contribution in [0.3, 0.4) is 0 Å². The fourth-order valence-corrected chi connectivity index (χ4v) is 3.27. The van der Waals surface area contributed by atoms with E-state index >= 15 is 0 Å². The van der Waals surface area contributed by atoms with Gasteiger partial charge in [0, 0.05) is 18.6 Å². The fourth-order valence-electron chi connectivity index (χ4n) is 3.27. The third kappa shape index (κ3) is 3.27. The minimum atomic E-state index is -1.12. The van der Waals surface area contributed by atoms with E-state index in [9.17, 15) is 4.79 Å². The lowest BCUT2D eigenvalue weighted by Gasteiger charge is -2.43. The number of carbonyl (C=O) groups is 1. The maximum absolute atomic E-state index is 12.3. The molecule has 1 aromatic carbocycles. The van der Waals surface area contributed by atoms with Crippen molar-refractivity contribution in [3.8, 4) is 0 Å². The third-order valence-electron chi connectivity index (χ3n) is 4.65. The second-order valence-electron chi connectivity index (χ2n) is 6.13. The number of hydrogen-bond acceptors (Lipinski definition) is 4. The molecule has 0 radical (unpaired) electrons. The predicted octanol–water partition coefficient (Wildman–Crippen LogP) is 2.28. The van der Waals surface area contributed by atoms with E-state index in [-0.39, 0.29) is 5.97 Å². The van der Waals surface area contributed by atoms with Crippen molar-refractivity contribution in [3.63, 3.8) is 0 Å². The number of esters is 1. The Morgan fingerprint density at radius 1 is 1.29 bits per heavy atom. The van der Waals surface area contributed by atoms with Gasteiger partial charge in [0.05, 0.1) is 7.11 Å². The molecular weight excluding hydrogens is 264 g/mol. The largest absolute Gasteiger partial charge is 0.467 e. The molecule has 0 aromatic heterocycles. The van der Waals surface area contributed by atoms with Crippen LogP contribution in [0.25, 0.3) is 0 Å². The van der Waals surface area contributed by atoms with Gasteiger partial charge in [0.2, 0.25) is 0 Å². The molecular formula is C17H26N2O2. The lowest BCUT2D eigenvalue weighted by molar-refractivity contribution is -0.149. The van der Waals surface area contributed by atoms with Crippen molar-refractivity contribution in [2.24, 2.45) is 5.73 Å². The Kier molecular flexibility index (Phi) is 5.01. The normalized spacial score (nSPS) is 26.1. The number of likely N-dealkylation sites (tertiary alicyclic amines) is 1. The molecule has 21 heavy (non-hydrogen) atoms. The van der Waals surface area contributed by atoms with Gasteiger partial charge in [-0.3, -0.25) is 4.90 Å². The molecule has 4 heteroatoms. The molecule has 1 aliphatic rings. The number of rotatable bonds is 4. The topological polar surface area (TPSA) is 55.6 Å². The highest BCUT2D eigenvalue weighted by Crippen LogP contribution is 2.28. The smallest absolute Gasteiger partial charge is 0.331 e. The van der Waals surface area contributed by atoms with Crippen LogP contribution >= 0.6 is 0 Å². The van der Waals surface area contributed by atoms with Crippen molar-refractivity contribution in [1.29, 1.82) is 0 Å². The Labute approximate surface area is 127 Å². The van der Waals surface area contributed by atoms with Crippen LogP contribution < -0.4 is 5.73 Å². The molecule has 2 N–H and O–H groups in total. The molecule has 0 saturated carbocycles. The lowest BCUT2D eigenvalue weighted by atomic mass is 9.87. The first-order valence-corrected chi connectivity index (χ1v) is 7.67. The molecule has 1 saturated heterocycles. The molecule has 0 aliphatic carbocycles. The molecule has 1 heterocycles. The number of ether oxygens (including phenoxy) is 1. The summed E-state index contributed by atoms with van der Waals surface area (Å²) in [7, 11) is 1.40. The number of nitrogens with zero attached hydrogens (tertiary/aromatic N) is 1.